The first-order valence-electron chi connectivity index (χ1n) is 6.18. The Balaban J connectivity index is 1.87. The summed E-state index contributed by atoms with van der Waals surface area (Å²) in [6.07, 6.45) is 16.9. The second kappa shape index (κ2) is 8.75. The van der Waals surface area contributed by atoms with Gasteiger partial charge in [-0.25, -0.2) is 0 Å². The quantitative estimate of drug-likeness (QED) is 0.451. The minimum absolute atomic E-state index is 1.09. The van der Waals surface area contributed by atoms with Crippen LogP contribution in [0.1, 0.15) is 64.2 Å². The van der Waals surface area contributed by atoms with Crippen LogP contribution in [0.5, 0.6) is 0 Å². The third-order valence-electron chi connectivity index (χ3n) is 3.30. The Kier molecular flexibility index (Phi) is 7.84. The summed E-state index contributed by atoms with van der Waals surface area (Å²) >= 11 is 2.30. The monoisotopic (exact) mass is 306 g/mol. The molecule has 0 spiro atoms. The summed E-state index contributed by atoms with van der Waals surface area (Å²) in [4.78, 5) is 0. The van der Waals surface area contributed by atoms with E-state index in [1.54, 1.807) is 0 Å². The van der Waals surface area contributed by atoms with E-state index in [1.807, 2.05) is 0 Å². The van der Waals surface area contributed by atoms with Crippen LogP contribution in [0.3, 0.4) is 0 Å². The zero-order chi connectivity index (χ0) is 10.1. The lowest BCUT2D eigenvalue weighted by molar-refractivity contribution is 0.329. The molecule has 0 radical (unpaired) electrons. The first kappa shape index (κ1) is 12.5. The Hall–Kier alpha value is 0.470. The molecule has 0 nitrogen and oxygen atoms in total. The van der Waals surface area contributed by atoms with Gasteiger partial charge in [0.1, 0.15) is 0 Å². The normalized spacial score (nSPS) is 19.2. The fraction of sp³-hybridized carbons (Fsp3) is 0.846. The van der Waals surface area contributed by atoms with E-state index in [2.05, 4.69) is 32.7 Å². The van der Waals surface area contributed by atoms with Gasteiger partial charge < -0.3 is 0 Å². The van der Waals surface area contributed by atoms with Gasteiger partial charge in [0.05, 0.1) is 0 Å². The highest BCUT2D eigenvalue weighted by atomic mass is 127. The summed E-state index contributed by atoms with van der Waals surface area (Å²) < 4.78 is 2.14. The van der Waals surface area contributed by atoms with E-state index in [4.69, 9.17) is 0 Å². The molecule has 1 heteroatoms. The van der Waals surface area contributed by atoms with Crippen molar-refractivity contribution < 1.29 is 0 Å². The first-order chi connectivity index (χ1) is 6.93. The molecule has 0 amide bonds. The topological polar surface area (TPSA) is 0 Å². The maximum atomic E-state index is 2.30. The Morgan fingerprint density at radius 2 is 1.79 bits per heavy atom. The van der Waals surface area contributed by atoms with Gasteiger partial charge in [-0.2, -0.15) is 0 Å². The lowest BCUT2D eigenvalue weighted by Gasteiger charge is -2.21. The fourth-order valence-electron chi connectivity index (χ4n) is 2.41. The average molecular weight is 306 g/mol. The van der Waals surface area contributed by atoms with Gasteiger partial charge in [0, 0.05) is 0 Å². The minimum atomic E-state index is 1.09. The van der Waals surface area contributed by atoms with E-state index in [9.17, 15) is 0 Å². The second-order valence-electron chi connectivity index (χ2n) is 4.50. The summed E-state index contributed by atoms with van der Waals surface area (Å²) in [5.74, 6) is 1.09. The Bertz CT molecular complexity index is 145. The van der Waals surface area contributed by atoms with E-state index in [0.717, 1.165) is 5.92 Å². The molecule has 1 saturated carbocycles. The van der Waals surface area contributed by atoms with Gasteiger partial charge in [-0.1, -0.05) is 80.0 Å². The highest BCUT2D eigenvalue weighted by Crippen LogP contribution is 2.27. The summed E-state index contributed by atoms with van der Waals surface area (Å²) in [7, 11) is 0. The number of allylic oxidation sites excluding steroid dienone is 1. The molecule has 0 aromatic heterocycles. The molecule has 1 fully saturated rings. The molecule has 0 N–H and O–H groups in total. The molecule has 0 atom stereocenters. The predicted molar refractivity (Wildman–Crippen MR) is 72.8 cm³/mol. The molecule has 0 aliphatic heterocycles. The number of unbranched alkanes of at least 4 members (excludes halogenated alkanes) is 3. The highest BCUT2D eigenvalue weighted by molar-refractivity contribution is 14.1. The van der Waals surface area contributed by atoms with Crippen LogP contribution in [-0.2, 0) is 0 Å². The Morgan fingerprint density at radius 1 is 1.00 bits per heavy atom. The molecule has 0 unspecified atom stereocenters. The van der Waals surface area contributed by atoms with Gasteiger partial charge in [0.2, 0.25) is 0 Å². The third-order valence-corrected chi connectivity index (χ3v) is 3.81. The number of rotatable bonds is 6. The summed E-state index contributed by atoms with van der Waals surface area (Å²) in [6, 6.07) is 0. The Morgan fingerprint density at radius 3 is 2.50 bits per heavy atom. The van der Waals surface area contributed by atoms with Crippen molar-refractivity contribution in [1.82, 2.24) is 0 Å². The van der Waals surface area contributed by atoms with Crippen LogP contribution in [0.4, 0.5) is 0 Å². The lowest BCUT2D eigenvalue weighted by Crippen LogP contribution is -2.05. The van der Waals surface area contributed by atoms with Crippen LogP contribution in [0.15, 0.2) is 10.2 Å². The molecular formula is C13H23I. The van der Waals surface area contributed by atoms with Gasteiger partial charge >= 0.3 is 0 Å². The zero-order valence-electron chi connectivity index (χ0n) is 9.18. The molecule has 1 rings (SSSR count). The first-order valence-corrected chi connectivity index (χ1v) is 7.43. The molecule has 1 aliphatic rings. The second-order valence-corrected chi connectivity index (χ2v) is 5.22. The SMILES string of the molecule is I/C=C/CCCCCC1CCCCC1. The molecule has 14 heavy (non-hydrogen) atoms. The van der Waals surface area contributed by atoms with Gasteiger partial charge in [-0.15, -0.1) is 0 Å². The largest absolute Gasteiger partial charge is 0.0785 e. The lowest BCUT2D eigenvalue weighted by atomic mass is 9.85. The van der Waals surface area contributed by atoms with E-state index < -0.39 is 0 Å². The maximum Gasteiger partial charge on any atom is -0.0274 e. The van der Waals surface area contributed by atoms with Gasteiger partial charge in [0.25, 0.3) is 0 Å². The van der Waals surface area contributed by atoms with E-state index in [0.29, 0.717) is 0 Å². The number of hydrogen-bond acceptors (Lipinski definition) is 0. The Labute approximate surface area is 103 Å². The van der Waals surface area contributed by atoms with E-state index in [1.165, 1.54) is 64.2 Å². The number of hydrogen-bond donors (Lipinski definition) is 0. The molecule has 1 aliphatic carbocycles. The van der Waals surface area contributed by atoms with Crippen LogP contribution in [0, 0.1) is 5.92 Å². The van der Waals surface area contributed by atoms with Gasteiger partial charge in [-0.3, -0.25) is 0 Å². The molecule has 0 aromatic rings. The van der Waals surface area contributed by atoms with Crippen molar-refractivity contribution in [1.29, 1.82) is 0 Å². The molecule has 0 bridgehead atoms. The van der Waals surface area contributed by atoms with Crippen LogP contribution in [0.2, 0.25) is 0 Å². The highest BCUT2D eigenvalue weighted by Gasteiger charge is 2.12. The van der Waals surface area contributed by atoms with Crippen molar-refractivity contribution in [3.8, 4) is 0 Å². The van der Waals surface area contributed by atoms with Crippen molar-refractivity contribution >= 4 is 22.6 Å². The van der Waals surface area contributed by atoms with Crippen LogP contribution < -0.4 is 0 Å². The van der Waals surface area contributed by atoms with Crippen molar-refractivity contribution in [2.75, 3.05) is 0 Å². The van der Waals surface area contributed by atoms with Crippen LogP contribution >= 0.6 is 22.6 Å². The maximum absolute atomic E-state index is 2.30. The summed E-state index contributed by atoms with van der Waals surface area (Å²) in [6.45, 7) is 0. The third kappa shape index (κ3) is 6.05. The standard InChI is InChI=1S/C13H23I/c14-12-8-3-1-2-5-9-13-10-6-4-7-11-13/h8,12-13H,1-7,9-11H2/b12-8+. The van der Waals surface area contributed by atoms with Crippen LogP contribution in [0.25, 0.3) is 0 Å². The molecule has 82 valence electrons. The average Bonchev–Trinajstić information content (AvgIpc) is 2.25. The molecule has 0 heterocycles. The van der Waals surface area contributed by atoms with Crippen molar-refractivity contribution in [3.63, 3.8) is 0 Å². The van der Waals surface area contributed by atoms with E-state index >= 15 is 0 Å². The van der Waals surface area contributed by atoms with Crippen molar-refractivity contribution in [2.24, 2.45) is 5.92 Å². The van der Waals surface area contributed by atoms with Gasteiger partial charge in [-0.05, 0) is 22.8 Å². The van der Waals surface area contributed by atoms with Crippen molar-refractivity contribution in [3.05, 3.63) is 10.2 Å². The zero-order valence-corrected chi connectivity index (χ0v) is 11.3. The van der Waals surface area contributed by atoms with Crippen molar-refractivity contribution in [2.45, 2.75) is 64.2 Å². The minimum Gasteiger partial charge on any atom is -0.0785 e. The molecule has 0 saturated heterocycles. The molecular weight excluding hydrogens is 283 g/mol. The smallest absolute Gasteiger partial charge is 0.0274 e. The van der Waals surface area contributed by atoms with Gasteiger partial charge in [0.15, 0.2) is 0 Å². The van der Waals surface area contributed by atoms with E-state index in [-0.39, 0.29) is 0 Å². The molecule has 0 aromatic carbocycles. The van der Waals surface area contributed by atoms with Crippen LogP contribution in [-0.4, -0.2) is 0 Å². The summed E-state index contributed by atoms with van der Waals surface area (Å²) in [5, 5.41) is 0. The summed E-state index contributed by atoms with van der Waals surface area (Å²) in [5.41, 5.74) is 0. The number of halogens is 1. The predicted octanol–water partition coefficient (Wildman–Crippen LogP) is 5.47. The fourth-order valence-corrected chi connectivity index (χ4v) is 2.77.